The van der Waals surface area contributed by atoms with Gasteiger partial charge in [0.1, 0.15) is 11.9 Å². The van der Waals surface area contributed by atoms with E-state index in [1.807, 2.05) is 12.1 Å². The SMILES string of the molecule is O=C1CCCc2cc(OC3C=CCCC3)ccc21. The number of Topliss-reactive ketones (excluding diaryl/α,β-unsaturated/α-hetero) is 1. The van der Waals surface area contributed by atoms with E-state index in [0.717, 1.165) is 36.1 Å². The van der Waals surface area contributed by atoms with Crippen LogP contribution in [-0.4, -0.2) is 11.9 Å². The predicted molar refractivity (Wildman–Crippen MR) is 71.1 cm³/mol. The molecule has 2 nitrogen and oxygen atoms in total. The van der Waals surface area contributed by atoms with Crippen LogP contribution in [0.3, 0.4) is 0 Å². The average molecular weight is 242 g/mol. The molecule has 1 unspecified atom stereocenters. The topological polar surface area (TPSA) is 26.3 Å². The molecule has 2 aliphatic rings. The number of ether oxygens (including phenoxy) is 1. The van der Waals surface area contributed by atoms with Crippen LogP contribution in [0.25, 0.3) is 0 Å². The molecule has 2 aliphatic carbocycles. The molecule has 2 heteroatoms. The van der Waals surface area contributed by atoms with Crippen molar-refractivity contribution in [3.05, 3.63) is 41.5 Å². The maximum absolute atomic E-state index is 11.7. The van der Waals surface area contributed by atoms with E-state index in [1.54, 1.807) is 0 Å². The van der Waals surface area contributed by atoms with E-state index in [9.17, 15) is 4.79 Å². The lowest BCUT2D eigenvalue weighted by molar-refractivity contribution is 0.0972. The lowest BCUT2D eigenvalue weighted by atomic mass is 9.90. The normalized spacial score (nSPS) is 22.7. The van der Waals surface area contributed by atoms with Gasteiger partial charge < -0.3 is 4.74 Å². The number of hydrogen-bond donors (Lipinski definition) is 0. The van der Waals surface area contributed by atoms with Gasteiger partial charge in [-0.25, -0.2) is 0 Å². The molecular weight excluding hydrogens is 224 g/mol. The molecule has 94 valence electrons. The Labute approximate surface area is 108 Å². The number of carbonyl (C=O) groups is 1. The van der Waals surface area contributed by atoms with Crippen molar-refractivity contribution in [2.24, 2.45) is 0 Å². The number of rotatable bonds is 2. The summed E-state index contributed by atoms with van der Waals surface area (Å²) in [5.41, 5.74) is 2.05. The largest absolute Gasteiger partial charge is 0.486 e. The van der Waals surface area contributed by atoms with E-state index in [4.69, 9.17) is 4.74 Å². The van der Waals surface area contributed by atoms with Crippen molar-refractivity contribution in [3.8, 4) is 5.75 Å². The van der Waals surface area contributed by atoms with E-state index < -0.39 is 0 Å². The molecule has 0 amide bonds. The molecule has 0 saturated carbocycles. The lowest BCUT2D eigenvalue weighted by Gasteiger charge is -2.20. The minimum Gasteiger partial charge on any atom is -0.486 e. The highest BCUT2D eigenvalue weighted by atomic mass is 16.5. The van der Waals surface area contributed by atoms with Crippen LogP contribution >= 0.6 is 0 Å². The zero-order valence-corrected chi connectivity index (χ0v) is 10.5. The fraction of sp³-hybridized carbons (Fsp3) is 0.438. The lowest BCUT2D eigenvalue weighted by Crippen LogP contribution is -2.16. The van der Waals surface area contributed by atoms with Gasteiger partial charge in [-0.3, -0.25) is 4.79 Å². The Kier molecular flexibility index (Phi) is 3.18. The summed E-state index contributed by atoms with van der Waals surface area (Å²) in [5, 5.41) is 0. The minimum atomic E-state index is 0.205. The first-order valence-corrected chi connectivity index (χ1v) is 6.82. The Morgan fingerprint density at radius 2 is 2.11 bits per heavy atom. The van der Waals surface area contributed by atoms with Crippen molar-refractivity contribution in [2.45, 2.75) is 44.6 Å². The molecule has 1 atom stereocenters. The first kappa shape index (κ1) is 11.5. The minimum absolute atomic E-state index is 0.205. The number of benzene rings is 1. The van der Waals surface area contributed by atoms with Crippen molar-refractivity contribution in [1.29, 1.82) is 0 Å². The summed E-state index contributed by atoms with van der Waals surface area (Å²) in [6.07, 6.45) is 10.7. The number of fused-ring (bicyclic) bond motifs is 1. The fourth-order valence-corrected chi connectivity index (χ4v) is 2.75. The average Bonchev–Trinajstić information content (AvgIpc) is 2.40. The molecular formula is C16H18O2. The van der Waals surface area contributed by atoms with E-state index in [1.165, 1.54) is 12.8 Å². The summed E-state index contributed by atoms with van der Waals surface area (Å²) < 4.78 is 5.96. The van der Waals surface area contributed by atoms with Gasteiger partial charge in [0.15, 0.2) is 5.78 Å². The van der Waals surface area contributed by atoms with Crippen LogP contribution in [-0.2, 0) is 6.42 Å². The second kappa shape index (κ2) is 4.97. The van der Waals surface area contributed by atoms with Gasteiger partial charge in [-0.1, -0.05) is 6.08 Å². The van der Waals surface area contributed by atoms with Crippen LogP contribution in [0.2, 0.25) is 0 Å². The quantitative estimate of drug-likeness (QED) is 0.739. The van der Waals surface area contributed by atoms with Crippen LogP contribution in [0, 0.1) is 0 Å². The maximum Gasteiger partial charge on any atom is 0.163 e. The summed E-state index contributed by atoms with van der Waals surface area (Å²) in [7, 11) is 0. The van der Waals surface area contributed by atoms with Crippen molar-refractivity contribution < 1.29 is 9.53 Å². The van der Waals surface area contributed by atoms with Crippen molar-refractivity contribution in [2.75, 3.05) is 0 Å². The van der Waals surface area contributed by atoms with Gasteiger partial charge in [-0.2, -0.15) is 0 Å². The molecule has 0 N–H and O–H groups in total. The second-order valence-corrected chi connectivity index (χ2v) is 5.11. The summed E-state index contributed by atoms with van der Waals surface area (Å²) in [4.78, 5) is 11.7. The second-order valence-electron chi connectivity index (χ2n) is 5.11. The Bertz CT molecular complexity index is 488. The van der Waals surface area contributed by atoms with Gasteiger partial charge in [0, 0.05) is 12.0 Å². The molecule has 0 spiro atoms. The fourth-order valence-electron chi connectivity index (χ4n) is 2.75. The highest BCUT2D eigenvalue weighted by Crippen LogP contribution is 2.27. The van der Waals surface area contributed by atoms with Gasteiger partial charge in [-0.05, 0) is 61.9 Å². The van der Waals surface area contributed by atoms with E-state index in [2.05, 4.69) is 18.2 Å². The van der Waals surface area contributed by atoms with Crippen molar-refractivity contribution in [3.63, 3.8) is 0 Å². The van der Waals surface area contributed by atoms with Gasteiger partial charge in [0.25, 0.3) is 0 Å². The third-order valence-corrected chi connectivity index (χ3v) is 3.72. The number of aryl methyl sites for hydroxylation is 1. The predicted octanol–water partition coefficient (Wildman–Crippen LogP) is 3.69. The Morgan fingerprint density at radius 3 is 2.94 bits per heavy atom. The molecule has 0 aromatic heterocycles. The van der Waals surface area contributed by atoms with Crippen LogP contribution in [0.5, 0.6) is 5.75 Å². The molecule has 0 radical (unpaired) electrons. The highest BCUT2D eigenvalue weighted by Gasteiger charge is 2.18. The number of allylic oxidation sites excluding steroid dienone is 1. The zero-order valence-electron chi connectivity index (χ0n) is 10.5. The third kappa shape index (κ3) is 2.33. The monoisotopic (exact) mass is 242 g/mol. The van der Waals surface area contributed by atoms with Gasteiger partial charge in [0.05, 0.1) is 0 Å². The zero-order chi connectivity index (χ0) is 12.4. The summed E-state index contributed by atoms with van der Waals surface area (Å²) in [6, 6.07) is 5.91. The van der Waals surface area contributed by atoms with Crippen LogP contribution < -0.4 is 4.74 Å². The molecule has 0 bridgehead atoms. The third-order valence-electron chi connectivity index (χ3n) is 3.72. The summed E-state index contributed by atoms with van der Waals surface area (Å²) in [6.45, 7) is 0. The summed E-state index contributed by atoms with van der Waals surface area (Å²) in [5.74, 6) is 1.18. The number of carbonyl (C=O) groups excluding carboxylic acids is 1. The molecule has 0 fully saturated rings. The summed E-state index contributed by atoms with van der Waals surface area (Å²) >= 11 is 0. The van der Waals surface area contributed by atoms with Crippen LogP contribution in [0.1, 0.15) is 48.0 Å². The molecule has 1 aromatic carbocycles. The van der Waals surface area contributed by atoms with Gasteiger partial charge in [-0.15, -0.1) is 0 Å². The number of hydrogen-bond acceptors (Lipinski definition) is 2. The smallest absolute Gasteiger partial charge is 0.163 e. The Balaban J connectivity index is 1.79. The Morgan fingerprint density at radius 1 is 1.17 bits per heavy atom. The van der Waals surface area contributed by atoms with Crippen LogP contribution in [0.4, 0.5) is 0 Å². The van der Waals surface area contributed by atoms with Crippen molar-refractivity contribution >= 4 is 5.78 Å². The van der Waals surface area contributed by atoms with Gasteiger partial charge in [0.2, 0.25) is 0 Å². The Hall–Kier alpha value is -1.57. The van der Waals surface area contributed by atoms with E-state index >= 15 is 0 Å². The molecule has 0 heterocycles. The first-order chi connectivity index (χ1) is 8.83. The number of ketones is 1. The molecule has 0 aliphatic heterocycles. The van der Waals surface area contributed by atoms with E-state index in [-0.39, 0.29) is 11.9 Å². The van der Waals surface area contributed by atoms with Crippen LogP contribution in [0.15, 0.2) is 30.4 Å². The highest BCUT2D eigenvalue weighted by molar-refractivity contribution is 5.98. The van der Waals surface area contributed by atoms with Crippen molar-refractivity contribution in [1.82, 2.24) is 0 Å². The van der Waals surface area contributed by atoms with E-state index in [0.29, 0.717) is 6.42 Å². The maximum atomic E-state index is 11.7. The molecule has 3 rings (SSSR count). The first-order valence-electron chi connectivity index (χ1n) is 6.82. The molecule has 18 heavy (non-hydrogen) atoms. The standard InChI is InChI=1S/C16H18O2/c17-16-8-4-5-12-11-14(9-10-15(12)16)18-13-6-2-1-3-7-13/h2,6,9-11,13H,1,3-5,7-8H2. The van der Waals surface area contributed by atoms with Gasteiger partial charge >= 0.3 is 0 Å². The molecule has 0 saturated heterocycles. The molecule has 1 aromatic rings.